The Hall–Kier alpha value is -2.13. The Balaban J connectivity index is 2.32. The van der Waals surface area contributed by atoms with Gasteiger partial charge in [-0.3, -0.25) is 5.73 Å². The maximum absolute atomic E-state index is 7.37. The van der Waals surface area contributed by atoms with E-state index in [9.17, 15) is 0 Å². The van der Waals surface area contributed by atoms with Gasteiger partial charge in [-0.15, -0.1) is 0 Å². The maximum Gasteiger partial charge on any atom is 0.189 e. The van der Waals surface area contributed by atoms with E-state index in [1.54, 1.807) is 0 Å². The molecule has 0 unspecified atom stereocenters. The molecule has 0 spiro atoms. The van der Waals surface area contributed by atoms with Gasteiger partial charge in [-0.05, 0) is 46.6 Å². The Bertz CT molecular complexity index is 750. The van der Waals surface area contributed by atoms with Crippen LogP contribution in [0.2, 0.25) is 0 Å². The van der Waals surface area contributed by atoms with Gasteiger partial charge in [-0.1, -0.05) is 36.4 Å². The van der Waals surface area contributed by atoms with Crippen molar-refractivity contribution in [3.63, 3.8) is 0 Å². The van der Waals surface area contributed by atoms with E-state index in [2.05, 4.69) is 35.6 Å². The normalized spacial score (nSPS) is 10.7. The molecule has 0 fully saturated rings. The number of nitrogens with one attached hydrogen (secondary N) is 2. The van der Waals surface area contributed by atoms with Crippen LogP contribution in [-0.2, 0) is 0 Å². The van der Waals surface area contributed by atoms with Crippen molar-refractivity contribution in [2.45, 2.75) is 0 Å². The molecular formula is C15H11N2S. The number of benzene rings is 3. The third kappa shape index (κ3) is 1.89. The summed E-state index contributed by atoms with van der Waals surface area (Å²) in [6.45, 7) is 0. The summed E-state index contributed by atoms with van der Waals surface area (Å²) < 4.78 is 0. The molecule has 0 aliphatic carbocycles. The summed E-state index contributed by atoms with van der Waals surface area (Å²) in [6, 6.07) is 18.5. The van der Waals surface area contributed by atoms with Gasteiger partial charge in [0, 0.05) is 11.1 Å². The van der Waals surface area contributed by atoms with Crippen LogP contribution in [-0.4, -0.2) is 5.11 Å². The van der Waals surface area contributed by atoms with Crippen LogP contribution in [0.25, 0.3) is 21.5 Å². The van der Waals surface area contributed by atoms with Crippen molar-refractivity contribution in [2.24, 2.45) is 0 Å². The summed E-state index contributed by atoms with van der Waals surface area (Å²) in [5.74, 6) is 0. The Morgan fingerprint density at radius 2 is 1.56 bits per heavy atom. The molecule has 0 saturated carbocycles. The third-order valence-corrected chi connectivity index (χ3v) is 3.10. The van der Waals surface area contributed by atoms with Crippen molar-refractivity contribution in [3.05, 3.63) is 54.6 Å². The van der Waals surface area contributed by atoms with Gasteiger partial charge in [0.1, 0.15) is 0 Å². The molecule has 0 atom stereocenters. The summed E-state index contributed by atoms with van der Waals surface area (Å²) in [5, 5.41) is 7.59. The zero-order chi connectivity index (χ0) is 12.5. The molecule has 0 amide bonds. The minimum atomic E-state index is 0.0376. The van der Waals surface area contributed by atoms with Crippen molar-refractivity contribution in [1.29, 1.82) is 0 Å². The van der Waals surface area contributed by atoms with Gasteiger partial charge < -0.3 is 5.32 Å². The smallest absolute Gasteiger partial charge is 0.189 e. The topological polar surface area (TPSA) is 35.8 Å². The third-order valence-electron chi connectivity index (χ3n) is 2.99. The highest BCUT2D eigenvalue weighted by Gasteiger charge is 2.03. The summed E-state index contributed by atoms with van der Waals surface area (Å²) in [5.41, 5.74) is 8.26. The lowest BCUT2D eigenvalue weighted by molar-refractivity contribution is 1.61. The van der Waals surface area contributed by atoms with Crippen LogP contribution in [0, 0.1) is 0 Å². The van der Waals surface area contributed by atoms with E-state index in [-0.39, 0.29) is 5.11 Å². The Kier molecular flexibility index (Phi) is 2.61. The lowest BCUT2D eigenvalue weighted by Gasteiger charge is -2.09. The van der Waals surface area contributed by atoms with Crippen molar-refractivity contribution in [3.8, 4) is 0 Å². The highest BCUT2D eigenvalue weighted by molar-refractivity contribution is 7.80. The average molecular weight is 251 g/mol. The average Bonchev–Trinajstić information content (AvgIpc) is 2.36. The van der Waals surface area contributed by atoms with Crippen LogP contribution in [0.3, 0.4) is 0 Å². The van der Waals surface area contributed by atoms with E-state index in [1.807, 2.05) is 24.3 Å². The molecule has 0 heterocycles. The summed E-state index contributed by atoms with van der Waals surface area (Å²) in [7, 11) is 0. The number of thiocarbonyl (C=S) groups is 1. The monoisotopic (exact) mass is 251 g/mol. The predicted octanol–water partition coefficient (Wildman–Crippen LogP) is 3.97. The van der Waals surface area contributed by atoms with Crippen LogP contribution >= 0.6 is 12.2 Å². The zero-order valence-electron chi connectivity index (χ0n) is 9.60. The first-order valence-corrected chi connectivity index (χ1v) is 6.09. The molecule has 2 nitrogen and oxygen atoms in total. The number of anilines is 1. The van der Waals surface area contributed by atoms with Crippen LogP contribution in [0.4, 0.5) is 5.69 Å². The van der Waals surface area contributed by atoms with Gasteiger partial charge in [-0.2, -0.15) is 0 Å². The second-order valence-electron chi connectivity index (χ2n) is 4.18. The van der Waals surface area contributed by atoms with Gasteiger partial charge >= 0.3 is 0 Å². The second-order valence-corrected chi connectivity index (χ2v) is 4.59. The fourth-order valence-corrected chi connectivity index (χ4v) is 2.31. The van der Waals surface area contributed by atoms with Gasteiger partial charge in [0.15, 0.2) is 5.11 Å². The van der Waals surface area contributed by atoms with Crippen LogP contribution in [0.1, 0.15) is 0 Å². The number of fused-ring (bicyclic) bond motifs is 2. The fraction of sp³-hybridized carbons (Fsp3) is 0. The van der Waals surface area contributed by atoms with E-state index >= 15 is 0 Å². The summed E-state index contributed by atoms with van der Waals surface area (Å²) in [4.78, 5) is 0. The van der Waals surface area contributed by atoms with Crippen LogP contribution < -0.4 is 11.1 Å². The summed E-state index contributed by atoms with van der Waals surface area (Å²) >= 11 is 4.79. The lowest BCUT2D eigenvalue weighted by Crippen LogP contribution is -2.09. The van der Waals surface area contributed by atoms with E-state index in [1.165, 1.54) is 10.8 Å². The molecule has 1 radical (unpaired) electrons. The van der Waals surface area contributed by atoms with Gasteiger partial charge in [0.2, 0.25) is 0 Å². The Labute approximate surface area is 110 Å². The standard InChI is InChI=1S/C15H11N2S/c16-15(18)17-14-7-3-6-12-8-10-4-1-2-5-11(10)9-13(12)14/h1-9,16H,(H,17,18). The molecule has 0 aliphatic rings. The Morgan fingerprint density at radius 1 is 0.889 bits per heavy atom. The molecule has 0 aliphatic heterocycles. The van der Waals surface area contributed by atoms with Crippen molar-refractivity contribution in [2.75, 3.05) is 5.32 Å². The largest absolute Gasteiger partial charge is 0.331 e. The molecule has 87 valence electrons. The first kappa shape index (κ1) is 11.0. The van der Waals surface area contributed by atoms with E-state index in [4.69, 9.17) is 18.0 Å². The first-order chi connectivity index (χ1) is 8.74. The van der Waals surface area contributed by atoms with Crippen molar-refractivity contribution < 1.29 is 0 Å². The van der Waals surface area contributed by atoms with Crippen LogP contribution in [0.5, 0.6) is 0 Å². The minimum absolute atomic E-state index is 0.0376. The summed E-state index contributed by atoms with van der Waals surface area (Å²) in [6.07, 6.45) is 0. The molecule has 3 rings (SSSR count). The highest BCUT2D eigenvalue weighted by Crippen LogP contribution is 2.28. The van der Waals surface area contributed by atoms with Crippen molar-refractivity contribution >= 4 is 44.6 Å². The molecule has 3 heteroatoms. The van der Waals surface area contributed by atoms with E-state index in [0.717, 1.165) is 16.5 Å². The molecule has 0 aromatic heterocycles. The number of hydrogen-bond acceptors (Lipinski definition) is 1. The minimum Gasteiger partial charge on any atom is -0.331 e. The van der Waals surface area contributed by atoms with Gasteiger partial charge in [0.25, 0.3) is 0 Å². The quantitative estimate of drug-likeness (QED) is 0.524. The van der Waals surface area contributed by atoms with Crippen molar-refractivity contribution in [1.82, 2.24) is 5.73 Å². The molecule has 3 aromatic carbocycles. The lowest BCUT2D eigenvalue weighted by atomic mass is 10.0. The second kappa shape index (κ2) is 4.27. The molecule has 0 saturated heterocycles. The van der Waals surface area contributed by atoms with E-state index < -0.39 is 0 Å². The fourth-order valence-electron chi connectivity index (χ4n) is 2.20. The van der Waals surface area contributed by atoms with Crippen LogP contribution in [0.15, 0.2) is 54.6 Å². The highest BCUT2D eigenvalue weighted by atomic mass is 32.1. The van der Waals surface area contributed by atoms with Gasteiger partial charge in [-0.25, -0.2) is 0 Å². The molecule has 2 N–H and O–H groups in total. The molecule has 0 bridgehead atoms. The molecular weight excluding hydrogens is 240 g/mol. The zero-order valence-corrected chi connectivity index (χ0v) is 10.4. The molecule has 18 heavy (non-hydrogen) atoms. The predicted molar refractivity (Wildman–Crippen MR) is 80.8 cm³/mol. The number of hydrogen-bond donors (Lipinski definition) is 1. The Morgan fingerprint density at radius 3 is 2.28 bits per heavy atom. The van der Waals surface area contributed by atoms with E-state index in [0.29, 0.717) is 0 Å². The first-order valence-electron chi connectivity index (χ1n) is 5.68. The SMILES string of the molecule is [NH]C(=S)Nc1cccc2cc3ccccc3cc12. The van der Waals surface area contributed by atoms with Gasteiger partial charge in [0.05, 0.1) is 0 Å². The number of rotatable bonds is 1. The molecule has 3 aromatic rings. The maximum atomic E-state index is 7.37.